The van der Waals surface area contributed by atoms with Crippen LogP contribution in [0.25, 0.3) is 0 Å². The lowest BCUT2D eigenvalue weighted by Gasteiger charge is -2.37. The van der Waals surface area contributed by atoms with Crippen LogP contribution in [0, 0.1) is 11.3 Å². The summed E-state index contributed by atoms with van der Waals surface area (Å²) in [6, 6.07) is 13.0. The number of hydrogen-bond donors (Lipinski definition) is 1. The number of para-hydroxylation sites is 2. The van der Waals surface area contributed by atoms with Gasteiger partial charge in [-0.2, -0.15) is 0 Å². The molecule has 2 aromatic rings. The van der Waals surface area contributed by atoms with Gasteiger partial charge in [0.25, 0.3) is 0 Å². The third kappa shape index (κ3) is 3.77. The zero-order valence-corrected chi connectivity index (χ0v) is 19.6. The first kappa shape index (κ1) is 21.6. The SMILES string of the molecule is COc1ccc(C2C3=C(CC(C)(C)CC3=O)Nc3ccccc3N2C(=O)C2CC2)cc1OC. The number of allylic oxidation sites excluding steroid dienone is 1. The highest BCUT2D eigenvalue weighted by Gasteiger charge is 2.46. The Morgan fingerprint density at radius 2 is 1.76 bits per heavy atom. The number of rotatable bonds is 4. The molecule has 33 heavy (non-hydrogen) atoms. The molecule has 6 heteroatoms. The predicted octanol–water partition coefficient (Wildman–Crippen LogP) is 5.26. The molecular weight excluding hydrogens is 416 g/mol. The third-order valence-corrected chi connectivity index (χ3v) is 6.79. The lowest BCUT2D eigenvalue weighted by atomic mass is 9.73. The Morgan fingerprint density at radius 3 is 2.45 bits per heavy atom. The molecule has 6 nitrogen and oxygen atoms in total. The van der Waals surface area contributed by atoms with Crippen molar-refractivity contribution in [3.8, 4) is 11.5 Å². The van der Waals surface area contributed by atoms with Gasteiger partial charge < -0.3 is 14.8 Å². The molecule has 5 rings (SSSR count). The molecule has 2 aromatic carbocycles. The minimum atomic E-state index is -0.535. The zero-order chi connectivity index (χ0) is 23.3. The van der Waals surface area contributed by atoms with E-state index in [1.807, 2.05) is 47.4 Å². The molecule has 1 heterocycles. The van der Waals surface area contributed by atoms with E-state index >= 15 is 0 Å². The van der Waals surface area contributed by atoms with Crippen LogP contribution in [0.1, 0.15) is 51.1 Å². The fourth-order valence-corrected chi connectivity index (χ4v) is 5.10. The van der Waals surface area contributed by atoms with Crippen molar-refractivity contribution >= 4 is 23.1 Å². The van der Waals surface area contributed by atoms with Gasteiger partial charge in [0.05, 0.1) is 31.6 Å². The zero-order valence-electron chi connectivity index (χ0n) is 19.6. The Morgan fingerprint density at radius 1 is 1.03 bits per heavy atom. The number of ether oxygens (including phenoxy) is 2. The lowest BCUT2D eigenvalue weighted by molar-refractivity contribution is -0.120. The lowest BCUT2D eigenvalue weighted by Crippen LogP contribution is -2.40. The van der Waals surface area contributed by atoms with E-state index in [4.69, 9.17) is 9.47 Å². The smallest absolute Gasteiger partial charge is 0.231 e. The summed E-state index contributed by atoms with van der Waals surface area (Å²) >= 11 is 0. The van der Waals surface area contributed by atoms with Gasteiger partial charge in [0.15, 0.2) is 17.3 Å². The number of fused-ring (bicyclic) bond motifs is 1. The van der Waals surface area contributed by atoms with Crippen LogP contribution in [0.2, 0.25) is 0 Å². The van der Waals surface area contributed by atoms with Crippen LogP contribution in [0.3, 0.4) is 0 Å². The van der Waals surface area contributed by atoms with Gasteiger partial charge in [-0.15, -0.1) is 0 Å². The summed E-state index contributed by atoms with van der Waals surface area (Å²) in [4.78, 5) is 29.3. The summed E-state index contributed by atoms with van der Waals surface area (Å²) in [6.07, 6.45) is 2.95. The van der Waals surface area contributed by atoms with Gasteiger partial charge >= 0.3 is 0 Å². The second-order valence-corrected chi connectivity index (χ2v) is 9.97. The van der Waals surface area contributed by atoms with Gasteiger partial charge in [-0.3, -0.25) is 14.5 Å². The number of carbonyl (C=O) groups excluding carboxylic acids is 2. The molecule has 1 unspecified atom stereocenters. The van der Waals surface area contributed by atoms with E-state index in [1.54, 1.807) is 14.2 Å². The van der Waals surface area contributed by atoms with Gasteiger partial charge in [-0.05, 0) is 54.5 Å². The molecule has 0 radical (unpaired) electrons. The quantitative estimate of drug-likeness (QED) is 0.694. The van der Waals surface area contributed by atoms with Crippen LogP contribution in [-0.4, -0.2) is 25.9 Å². The number of nitrogens with one attached hydrogen (secondary N) is 1. The average molecular weight is 447 g/mol. The standard InChI is InChI=1S/C27H30N2O4/c1-27(2)14-19-24(21(30)15-27)25(17-11-12-22(32-3)23(13-17)33-4)29(26(31)16-9-10-16)20-8-6-5-7-18(20)28-19/h5-8,11-13,16,25,28H,9-10,14-15H2,1-4H3. The van der Waals surface area contributed by atoms with Gasteiger partial charge in [-0.25, -0.2) is 0 Å². The van der Waals surface area contributed by atoms with Crippen molar-refractivity contribution in [1.82, 2.24) is 0 Å². The Labute approximate surface area is 194 Å². The maximum Gasteiger partial charge on any atom is 0.231 e. The number of benzene rings is 2. The van der Waals surface area contributed by atoms with E-state index in [2.05, 4.69) is 19.2 Å². The van der Waals surface area contributed by atoms with Crippen molar-refractivity contribution in [3.05, 3.63) is 59.3 Å². The molecule has 1 N–H and O–H groups in total. The molecule has 2 aliphatic carbocycles. The molecule has 0 spiro atoms. The van der Waals surface area contributed by atoms with E-state index in [0.717, 1.165) is 41.9 Å². The number of carbonyl (C=O) groups is 2. The van der Waals surface area contributed by atoms with Crippen LogP contribution in [0.15, 0.2) is 53.7 Å². The van der Waals surface area contributed by atoms with Gasteiger partial charge in [0, 0.05) is 23.6 Å². The highest BCUT2D eigenvalue weighted by Crippen LogP contribution is 2.50. The Bertz CT molecular complexity index is 1160. The second kappa shape index (κ2) is 7.94. The molecular formula is C27H30N2O4. The van der Waals surface area contributed by atoms with Crippen LogP contribution in [-0.2, 0) is 9.59 Å². The topological polar surface area (TPSA) is 67.9 Å². The van der Waals surface area contributed by atoms with Gasteiger partial charge in [0.2, 0.25) is 5.91 Å². The van der Waals surface area contributed by atoms with Crippen molar-refractivity contribution in [2.24, 2.45) is 11.3 Å². The third-order valence-electron chi connectivity index (χ3n) is 6.79. The summed E-state index contributed by atoms with van der Waals surface area (Å²) in [6.45, 7) is 4.23. The van der Waals surface area contributed by atoms with Crippen molar-refractivity contribution in [2.45, 2.75) is 45.6 Å². The highest BCUT2D eigenvalue weighted by atomic mass is 16.5. The first-order valence-electron chi connectivity index (χ1n) is 11.5. The summed E-state index contributed by atoms with van der Waals surface area (Å²) in [5.41, 5.74) is 3.90. The van der Waals surface area contributed by atoms with Crippen molar-refractivity contribution < 1.29 is 19.1 Å². The number of hydrogen-bond acceptors (Lipinski definition) is 5. The Hall–Kier alpha value is -3.28. The summed E-state index contributed by atoms with van der Waals surface area (Å²) in [7, 11) is 3.19. The molecule has 1 saturated carbocycles. The maximum absolute atomic E-state index is 13.8. The highest BCUT2D eigenvalue weighted by molar-refractivity contribution is 6.07. The number of Topliss-reactive ketones (excluding diaryl/α,β-unsaturated/α-hetero) is 1. The van der Waals surface area contributed by atoms with E-state index in [0.29, 0.717) is 23.5 Å². The number of nitrogens with zero attached hydrogens (tertiary/aromatic N) is 1. The largest absolute Gasteiger partial charge is 0.493 e. The normalized spacial score (nSPS) is 21.5. The van der Waals surface area contributed by atoms with E-state index in [-0.39, 0.29) is 23.0 Å². The monoisotopic (exact) mass is 446 g/mol. The van der Waals surface area contributed by atoms with Crippen LogP contribution >= 0.6 is 0 Å². The molecule has 1 fully saturated rings. The number of amides is 1. The van der Waals surface area contributed by atoms with Crippen molar-refractivity contribution in [1.29, 1.82) is 0 Å². The van der Waals surface area contributed by atoms with Crippen molar-refractivity contribution in [2.75, 3.05) is 24.4 Å². The summed E-state index contributed by atoms with van der Waals surface area (Å²) < 4.78 is 11.0. The first-order chi connectivity index (χ1) is 15.8. The number of anilines is 2. The van der Waals surface area contributed by atoms with Crippen LogP contribution in [0.5, 0.6) is 11.5 Å². The maximum atomic E-state index is 13.8. The predicted molar refractivity (Wildman–Crippen MR) is 128 cm³/mol. The molecule has 1 aliphatic heterocycles. The Kier molecular flexibility index (Phi) is 5.19. The minimum Gasteiger partial charge on any atom is -0.493 e. The Balaban J connectivity index is 1.77. The number of methoxy groups -OCH3 is 2. The van der Waals surface area contributed by atoms with E-state index in [1.165, 1.54) is 0 Å². The van der Waals surface area contributed by atoms with Crippen LogP contribution < -0.4 is 19.7 Å². The average Bonchev–Trinajstić information content (AvgIpc) is 3.63. The van der Waals surface area contributed by atoms with E-state index < -0.39 is 6.04 Å². The fourth-order valence-electron chi connectivity index (χ4n) is 5.10. The van der Waals surface area contributed by atoms with E-state index in [9.17, 15) is 9.59 Å². The summed E-state index contributed by atoms with van der Waals surface area (Å²) in [5, 5.41) is 3.55. The second-order valence-electron chi connectivity index (χ2n) is 9.97. The van der Waals surface area contributed by atoms with Crippen LogP contribution in [0.4, 0.5) is 11.4 Å². The van der Waals surface area contributed by atoms with Gasteiger partial charge in [0.1, 0.15) is 0 Å². The fraction of sp³-hybridized carbons (Fsp3) is 0.407. The van der Waals surface area contributed by atoms with Crippen molar-refractivity contribution in [3.63, 3.8) is 0 Å². The summed E-state index contributed by atoms with van der Waals surface area (Å²) in [5.74, 6) is 1.33. The molecule has 1 amide bonds. The molecule has 1 atom stereocenters. The molecule has 3 aliphatic rings. The molecule has 0 bridgehead atoms. The molecule has 172 valence electrons. The molecule has 0 saturated heterocycles. The number of ketones is 1. The first-order valence-corrected chi connectivity index (χ1v) is 11.5. The minimum absolute atomic E-state index is 0.00187. The molecule has 0 aromatic heterocycles. The van der Waals surface area contributed by atoms with Gasteiger partial charge in [-0.1, -0.05) is 32.0 Å².